The highest BCUT2D eigenvalue weighted by Gasteiger charge is 2.09. The van der Waals surface area contributed by atoms with Crippen molar-refractivity contribution < 1.29 is 4.79 Å². The number of carbonyl (C=O) groups excluding carboxylic acids is 1. The first kappa shape index (κ1) is 11.1. The summed E-state index contributed by atoms with van der Waals surface area (Å²) in [6.07, 6.45) is 5.42. The van der Waals surface area contributed by atoms with E-state index in [0.717, 1.165) is 15.4 Å². The molecule has 2 aromatic rings. The summed E-state index contributed by atoms with van der Waals surface area (Å²) < 4.78 is 2.84. The van der Waals surface area contributed by atoms with Gasteiger partial charge in [-0.2, -0.15) is 0 Å². The average molecular weight is 282 g/mol. The smallest absolute Gasteiger partial charge is 0.241 e. The molecule has 2 aromatic heterocycles. The van der Waals surface area contributed by atoms with E-state index in [1.165, 1.54) is 0 Å². The summed E-state index contributed by atoms with van der Waals surface area (Å²) in [5, 5.41) is 1.07. The van der Waals surface area contributed by atoms with Gasteiger partial charge in [0.2, 0.25) is 5.91 Å². The number of aromatic nitrogens is 2. The quantitative estimate of drug-likeness (QED) is 0.843. The molecule has 0 bridgehead atoms. The SMILES string of the molecule is CN(C)C(=O)Cn1ccc2c(Br)cncc21. The van der Waals surface area contributed by atoms with Crippen LogP contribution in [0.1, 0.15) is 0 Å². The maximum absolute atomic E-state index is 11.6. The second-order valence-corrected chi connectivity index (χ2v) is 4.64. The van der Waals surface area contributed by atoms with Crippen molar-refractivity contribution in [2.75, 3.05) is 14.1 Å². The maximum Gasteiger partial charge on any atom is 0.241 e. The number of rotatable bonds is 2. The zero-order valence-corrected chi connectivity index (χ0v) is 10.7. The highest BCUT2D eigenvalue weighted by molar-refractivity contribution is 9.10. The van der Waals surface area contributed by atoms with Crippen LogP contribution in [-0.2, 0) is 11.3 Å². The van der Waals surface area contributed by atoms with E-state index in [2.05, 4.69) is 20.9 Å². The molecule has 0 radical (unpaired) electrons. The molecule has 1 amide bonds. The summed E-state index contributed by atoms with van der Waals surface area (Å²) in [6, 6.07) is 1.98. The molecule has 0 unspecified atom stereocenters. The van der Waals surface area contributed by atoms with Crippen LogP contribution < -0.4 is 0 Å². The lowest BCUT2D eigenvalue weighted by Crippen LogP contribution is -2.25. The lowest BCUT2D eigenvalue weighted by Gasteiger charge is -2.11. The van der Waals surface area contributed by atoms with Crippen LogP contribution in [0.5, 0.6) is 0 Å². The van der Waals surface area contributed by atoms with Crippen LogP contribution in [0.2, 0.25) is 0 Å². The van der Waals surface area contributed by atoms with Crippen LogP contribution >= 0.6 is 15.9 Å². The lowest BCUT2D eigenvalue weighted by atomic mass is 10.3. The van der Waals surface area contributed by atoms with Crippen LogP contribution in [0, 0.1) is 0 Å². The van der Waals surface area contributed by atoms with E-state index in [9.17, 15) is 4.79 Å². The van der Waals surface area contributed by atoms with E-state index in [1.54, 1.807) is 31.4 Å². The standard InChI is InChI=1S/C11H12BrN3O/c1-14(2)11(16)7-15-4-3-8-9(12)5-13-6-10(8)15/h3-6H,7H2,1-2H3. The van der Waals surface area contributed by atoms with Crippen LogP contribution in [0.4, 0.5) is 0 Å². The molecule has 2 heterocycles. The van der Waals surface area contributed by atoms with E-state index in [0.29, 0.717) is 6.54 Å². The monoisotopic (exact) mass is 281 g/mol. The van der Waals surface area contributed by atoms with Crippen LogP contribution in [-0.4, -0.2) is 34.5 Å². The Balaban J connectivity index is 2.39. The highest BCUT2D eigenvalue weighted by Crippen LogP contribution is 2.23. The molecule has 0 saturated heterocycles. The molecule has 0 aliphatic heterocycles. The van der Waals surface area contributed by atoms with Crippen LogP contribution in [0.15, 0.2) is 29.1 Å². The molecular formula is C11H12BrN3O. The Bertz CT molecular complexity index is 533. The van der Waals surface area contributed by atoms with Crippen molar-refractivity contribution in [3.63, 3.8) is 0 Å². The van der Waals surface area contributed by atoms with Crippen molar-refractivity contribution in [1.29, 1.82) is 0 Å². The van der Waals surface area contributed by atoms with Gasteiger partial charge in [0.1, 0.15) is 6.54 Å². The number of likely N-dealkylation sites (N-methyl/N-ethyl adjacent to an activating group) is 1. The Morgan fingerprint density at radius 1 is 1.50 bits per heavy atom. The lowest BCUT2D eigenvalue weighted by molar-refractivity contribution is -0.129. The molecule has 0 saturated carbocycles. The third-order valence-electron chi connectivity index (χ3n) is 2.45. The van der Waals surface area contributed by atoms with Crippen LogP contribution in [0.25, 0.3) is 10.9 Å². The molecule has 0 aliphatic rings. The average Bonchev–Trinajstić information content (AvgIpc) is 2.63. The van der Waals surface area contributed by atoms with E-state index < -0.39 is 0 Å². The summed E-state index contributed by atoms with van der Waals surface area (Å²) >= 11 is 3.43. The van der Waals surface area contributed by atoms with Crippen molar-refractivity contribution in [1.82, 2.24) is 14.5 Å². The third-order valence-corrected chi connectivity index (χ3v) is 3.08. The van der Waals surface area contributed by atoms with Crippen LogP contribution in [0.3, 0.4) is 0 Å². The minimum absolute atomic E-state index is 0.0671. The van der Waals surface area contributed by atoms with E-state index >= 15 is 0 Å². The van der Waals surface area contributed by atoms with Gasteiger partial charge in [-0.1, -0.05) is 0 Å². The van der Waals surface area contributed by atoms with E-state index in [-0.39, 0.29) is 5.91 Å². The molecule has 0 aliphatic carbocycles. The van der Waals surface area contributed by atoms with Gasteiger partial charge in [-0.3, -0.25) is 9.78 Å². The predicted molar refractivity (Wildman–Crippen MR) is 66.1 cm³/mol. The number of fused-ring (bicyclic) bond motifs is 1. The van der Waals surface area contributed by atoms with E-state index in [1.807, 2.05) is 16.8 Å². The number of hydrogen-bond acceptors (Lipinski definition) is 2. The van der Waals surface area contributed by atoms with Crippen molar-refractivity contribution in [2.24, 2.45) is 0 Å². The van der Waals surface area contributed by atoms with Gasteiger partial charge in [0, 0.05) is 36.3 Å². The first-order chi connectivity index (χ1) is 7.59. The fourth-order valence-electron chi connectivity index (χ4n) is 1.50. The minimum atomic E-state index is 0.0671. The Morgan fingerprint density at radius 3 is 2.94 bits per heavy atom. The molecule has 2 rings (SSSR count). The number of nitrogens with zero attached hydrogens (tertiary/aromatic N) is 3. The van der Waals surface area contributed by atoms with Gasteiger partial charge in [0.15, 0.2) is 0 Å². The normalized spacial score (nSPS) is 10.7. The Kier molecular flexibility index (Phi) is 2.96. The largest absolute Gasteiger partial charge is 0.347 e. The summed E-state index contributed by atoms with van der Waals surface area (Å²) in [5.41, 5.74) is 0.963. The molecule has 5 heteroatoms. The summed E-state index contributed by atoms with van der Waals surface area (Å²) in [4.78, 5) is 17.3. The molecule has 0 aromatic carbocycles. The Hall–Kier alpha value is -1.36. The Labute approximate surface area is 102 Å². The second-order valence-electron chi connectivity index (χ2n) is 3.79. The van der Waals surface area contributed by atoms with Gasteiger partial charge >= 0.3 is 0 Å². The molecule has 0 atom stereocenters. The minimum Gasteiger partial charge on any atom is -0.347 e. The first-order valence-electron chi connectivity index (χ1n) is 4.88. The molecule has 16 heavy (non-hydrogen) atoms. The highest BCUT2D eigenvalue weighted by atomic mass is 79.9. The second kappa shape index (κ2) is 4.25. The maximum atomic E-state index is 11.6. The van der Waals surface area contributed by atoms with E-state index in [4.69, 9.17) is 0 Å². The van der Waals surface area contributed by atoms with Gasteiger partial charge in [-0.25, -0.2) is 0 Å². The summed E-state index contributed by atoms with van der Waals surface area (Å²) in [5.74, 6) is 0.0671. The van der Waals surface area contributed by atoms with Crippen molar-refractivity contribution in [3.05, 3.63) is 29.1 Å². The van der Waals surface area contributed by atoms with Gasteiger partial charge in [0.05, 0.1) is 11.7 Å². The van der Waals surface area contributed by atoms with Crippen molar-refractivity contribution in [3.8, 4) is 0 Å². The summed E-state index contributed by atoms with van der Waals surface area (Å²) in [7, 11) is 3.50. The number of hydrogen-bond donors (Lipinski definition) is 0. The number of halogens is 1. The molecule has 0 fully saturated rings. The zero-order chi connectivity index (χ0) is 11.7. The number of pyridine rings is 1. The van der Waals surface area contributed by atoms with Gasteiger partial charge in [0.25, 0.3) is 0 Å². The fraction of sp³-hybridized carbons (Fsp3) is 0.273. The molecule has 84 valence electrons. The van der Waals surface area contributed by atoms with Crippen molar-refractivity contribution >= 4 is 32.7 Å². The molecule has 0 N–H and O–H groups in total. The zero-order valence-electron chi connectivity index (χ0n) is 9.14. The molecule has 0 spiro atoms. The number of carbonyl (C=O) groups is 1. The fourth-order valence-corrected chi connectivity index (χ4v) is 1.95. The predicted octanol–water partition coefficient (Wildman–Crippen LogP) is 1.89. The van der Waals surface area contributed by atoms with Gasteiger partial charge in [-0.05, 0) is 22.0 Å². The van der Waals surface area contributed by atoms with Gasteiger partial charge in [-0.15, -0.1) is 0 Å². The molecular weight excluding hydrogens is 270 g/mol. The molecule has 4 nitrogen and oxygen atoms in total. The topological polar surface area (TPSA) is 38.1 Å². The van der Waals surface area contributed by atoms with Gasteiger partial charge < -0.3 is 9.47 Å². The summed E-state index contributed by atoms with van der Waals surface area (Å²) in [6.45, 7) is 0.342. The Morgan fingerprint density at radius 2 is 2.25 bits per heavy atom. The number of amides is 1. The van der Waals surface area contributed by atoms with Crippen molar-refractivity contribution in [2.45, 2.75) is 6.54 Å². The first-order valence-corrected chi connectivity index (χ1v) is 5.67. The third kappa shape index (κ3) is 1.95.